The number of rotatable bonds is 2. The third-order valence-electron chi connectivity index (χ3n) is 3.01. The highest BCUT2D eigenvalue weighted by Gasteiger charge is 2.07. The first-order valence-corrected chi connectivity index (χ1v) is 6.84. The third kappa shape index (κ3) is 2.35. The second-order valence-corrected chi connectivity index (χ2v) is 5.20. The molecule has 94 valence electrons. The average molecular weight is 267 g/mol. The fraction of sp³-hybridized carbons (Fsp3) is 0.0667. The topological polar surface area (TPSA) is 51.8 Å². The lowest BCUT2D eigenvalue weighted by molar-refractivity contribution is 1.32. The number of nitrogens with zero attached hydrogens (tertiary/aromatic N) is 2. The number of nitrogen functional groups attached to an aromatic ring is 1. The van der Waals surface area contributed by atoms with E-state index < -0.39 is 0 Å². The Morgan fingerprint density at radius 1 is 1.05 bits per heavy atom. The highest BCUT2D eigenvalue weighted by atomic mass is 32.1. The maximum Gasteiger partial charge on any atom is 0.124 e. The maximum atomic E-state index is 5.94. The Labute approximate surface area is 115 Å². The second-order valence-electron chi connectivity index (χ2n) is 4.35. The van der Waals surface area contributed by atoms with E-state index in [9.17, 15) is 0 Å². The van der Waals surface area contributed by atoms with Crippen molar-refractivity contribution < 1.29 is 0 Å². The zero-order valence-electron chi connectivity index (χ0n) is 10.5. The molecule has 2 N–H and O–H groups in total. The van der Waals surface area contributed by atoms with Crippen molar-refractivity contribution in [3.63, 3.8) is 0 Å². The monoisotopic (exact) mass is 267 g/mol. The van der Waals surface area contributed by atoms with Crippen LogP contribution in [0.1, 0.15) is 5.56 Å². The van der Waals surface area contributed by atoms with E-state index in [2.05, 4.69) is 21.4 Å². The van der Waals surface area contributed by atoms with E-state index in [-0.39, 0.29) is 0 Å². The van der Waals surface area contributed by atoms with Crippen LogP contribution in [0, 0.1) is 6.92 Å². The lowest BCUT2D eigenvalue weighted by atomic mass is 10.1. The van der Waals surface area contributed by atoms with E-state index in [1.807, 2.05) is 31.2 Å². The number of benzene rings is 1. The van der Waals surface area contributed by atoms with Crippen molar-refractivity contribution >= 4 is 17.0 Å². The summed E-state index contributed by atoms with van der Waals surface area (Å²) >= 11 is 1.63. The summed E-state index contributed by atoms with van der Waals surface area (Å²) < 4.78 is 0. The molecule has 2 aromatic heterocycles. The highest BCUT2D eigenvalue weighted by molar-refractivity contribution is 7.13. The van der Waals surface area contributed by atoms with Gasteiger partial charge in [0.05, 0.1) is 5.69 Å². The van der Waals surface area contributed by atoms with Crippen LogP contribution in [0.15, 0.2) is 48.1 Å². The van der Waals surface area contributed by atoms with Crippen molar-refractivity contribution in [2.24, 2.45) is 0 Å². The number of hydrogen-bond acceptors (Lipinski definition) is 4. The second kappa shape index (κ2) is 4.82. The Kier molecular flexibility index (Phi) is 3.01. The molecule has 1 aromatic carbocycles. The Morgan fingerprint density at radius 2 is 1.84 bits per heavy atom. The van der Waals surface area contributed by atoms with Gasteiger partial charge in [-0.2, -0.15) is 0 Å². The summed E-state index contributed by atoms with van der Waals surface area (Å²) in [5.41, 5.74) is 10.9. The van der Waals surface area contributed by atoms with Crippen LogP contribution < -0.4 is 5.73 Å². The molecule has 0 fully saturated rings. The summed E-state index contributed by atoms with van der Waals surface area (Å²) in [4.78, 5) is 8.67. The molecule has 3 aromatic rings. The number of pyridine rings is 1. The average Bonchev–Trinajstić information content (AvgIpc) is 2.93. The standard InChI is InChI=1S/C15H13N3S/c1-10-2-3-12(8-13(10)16)14-9-19-15(18-14)11-4-6-17-7-5-11/h2-9H,16H2,1H3. The quantitative estimate of drug-likeness (QED) is 0.719. The maximum absolute atomic E-state index is 5.94. The minimum absolute atomic E-state index is 0.802. The van der Waals surface area contributed by atoms with Crippen LogP contribution in [0.25, 0.3) is 21.8 Å². The van der Waals surface area contributed by atoms with Crippen molar-refractivity contribution in [3.8, 4) is 21.8 Å². The molecular formula is C15H13N3S. The molecule has 0 radical (unpaired) electrons. The molecule has 3 nitrogen and oxygen atoms in total. The van der Waals surface area contributed by atoms with Crippen LogP contribution >= 0.6 is 11.3 Å². The first-order chi connectivity index (χ1) is 9.24. The zero-order valence-corrected chi connectivity index (χ0v) is 11.3. The van der Waals surface area contributed by atoms with Gasteiger partial charge in [0.1, 0.15) is 5.01 Å². The molecule has 0 aliphatic heterocycles. The zero-order chi connectivity index (χ0) is 13.2. The summed E-state index contributed by atoms with van der Waals surface area (Å²) in [6.07, 6.45) is 3.56. The number of anilines is 1. The molecular weight excluding hydrogens is 254 g/mol. The van der Waals surface area contributed by atoms with Gasteiger partial charge in [0, 0.05) is 34.6 Å². The van der Waals surface area contributed by atoms with Gasteiger partial charge >= 0.3 is 0 Å². The summed E-state index contributed by atoms with van der Waals surface area (Å²) in [6, 6.07) is 9.98. The summed E-state index contributed by atoms with van der Waals surface area (Å²) in [6.45, 7) is 2.00. The van der Waals surface area contributed by atoms with Crippen molar-refractivity contribution in [1.29, 1.82) is 0 Å². The summed E-state index contributed by atoms with van der Waals surface area (Å²) in [5, 5.41) is 3.05. The molecule has 0 atom stereocenters. The number of aromatic nitrogens is 2. The molecule has 0 saturated carbocycles. The first kappa shape index (κ1) is 11.9. The van der Waals surface area contributed by atoms with E-state index in [0.29, 0.717) is 0 Å². The first-order valence-electron chi connectivity index (χ1n) is 5.96. The van der Waals surface area contributed by atoms with Crippen LogP contribution in [0.2, 0.25) is 0 Å². The van der Waals surface area contributed by atoms with E-state index in [1.165, 1.54) is 0 Å². The van der Waals surface area contributed by atoms with Crippen molar-refractivity contribution in [2.75, 3.05) is 5.73 Å². The van der Waals surface area contributed by atoms with Crippen LogP contribution in [0.5, 0.6) is 0 Å². The fourth-order valence-electron chi connectivity index (χ4n) is 1.83. The number of thiazole rings is 1. The number of aryl methyl sites for hydroxylation is 1. The Hall–Kier alpha value is -2.20. The van der Waals surface area contributed by atoms with Crippen molar-refractivity contribution in [3.05, 3.63) is 53.7 Å². The number of hydrogen-bond donors (Lipinski definition) is 1. The molecule has 2 heterocycles. The van der Waals surface area contributed by atoms with Gasteiger partial charge < -0.3 is 5.73 Å². The summed E-state index contributed by atoms with van der Waals surface area (Å²) in [5.74, 6) is 0. The largest absolute Gasteiger partial charge is 0.398 e. The minimum atomic E-state index is 0.802. The van der Waals surface area contributed by atoms with Gasteiger partial charge in [-0.25, -0.2) is 4.98 Å². The molecule has 0 aliphatic rings. The van der Waals surface area contributed by atoms with E-state index in [0.717, 1.165) is 33.1 Å². The lowest BCUT2D eigenvalue weighted by Gasteiger charge is -2.02. The van der Waals surface area contributed by atoms with Gasteiger partial charge in [0.25, 0.3) is 0 Å². The number of nitrogens with two attached hydrogens (primary N) is 1. The van der Waals surface area contributed by atoms with Crippen LogP contribution in [-0.4, -0.2) is 9.97 Å². The normalized spacial score (nSPS) is 10.6. The SMILES string of the molecule is Cc1ccc(-c2csc(-c3ccncc3)n2)cc1N. The van der Waals surface area contributed by atoms with Gasteiger partial charge in [0.15, 0.2) is 0 Å². The Morgan fingerprint density at radius 3 is 2.58 bits per heavy atom. The molecule has 0 spiro atoms. The van der Waals surface area contributed by atoms with Gasteiger partial charge in [-0.3, -0.25) is 4.98 Å². The highest BCUT2D eigenvalue weighted by Crippen LogP contribution is 2.29. The lowest BCUT2D eigenvalue weighted by Crippen LogP contribution is -1.90. The predicted octanol–water partition coefficient (Wildman–Crippen LogP) is 3.76. The third-order valence-corrected chi connectivity index (χ3v) is 3.90. The molecule has 0 aliphatic carbocycles. The van der Waals surface area contributed by atoms with Crippen LogP contribution in [-0.2, 0) is 0 Å². The van der Waals surface area contributed by atoms with Crippen molar-refractivity contribution in [2.45, 2.75) is 6.92 Å². The van der Waals surface area contributed by atoms with E-state index >= 15 is 0 Å². The smallest absolute Gasteiger partial charge is 0.124 e. The van der Waals surface area contributed by atoms with E-state index in [4.69, 9.17) is 5.73 Å². The fourth-order valence-corrected chi connectivity index (χ4v) is 2.67. The Balaban J connectivity index is 1.99. The van der Waals surface area contributed by atoms with Gasteiger partial charge in [-0.15, -0.1) is 11.3 Å². The van der Waals surface area contributed by atoms with Gasteiger partial charge in [-0.1, -0.05) is 12.1 Å². The van der Waals surface area contributed by atoms with Crippen LogP contribution in [0.3, 0.4) is 0 Å². The molecule has 3 rings (SSSR count). The molecule has 0 saturated heterocycles. The molecule has 4 heteroatoms. The molecule has 0 bridgehead atoms. The van der Waals surface area contributed by atoms with Crippen LogP contribution in [0.4, 0.5) is 5.69 Å². The summed E-state index contributed by atoms with van der Waals surface area (Å²) in [7, 11) is 0. The van der Waals surface area contributed by atoms with Gasteiger partial charge in [-0.05, 0) is 30.7 Å². The van der Waals surface area contributed by atoms with E-state index in [1.54, 1.807) is 23.7 Å². The molecule has 0 unspecified atom stereocenters. The molecule has 0 amide bonds. The van der Waals surface area contributed by atoms with Gasteiger partial charge in [0.2, 0.25) is 0 Å². The predicted molar refractivity (Wildman–Crippen MR) is 79.9 cm³/mol. The Bertz CT molecular complexity index is 704. The minimum Gasteiger partial charge on any atom is -0.398 e. The molecule has 19 heavy (non-hydrogen) atoms. The van der Waals surface area contributed by atoms with Crippen molar-refractivity contribution in [1.82, 2.24) is 9.97 Å².